The molecule has 1 aromatic carbocycles. The Kier molecular flexibility index (Phi) is 4.48. The largest absolute Gasteiger partial charge is 0.442 e. The van der Waals surface area contributed by atoms with Gasteiger partial charge in [0, 0.05) is 25.8 Å². The lowest BCUT2D eigenvalue weighted by Crippen LogP contribution is -2.37. The molecule has 5 nitrogen and oxygen atoms in total. The number of carbonyl (C=O) groups excluding carboxylic acids is 1. The number of rotatable bonds is 5. The van der Waals surface area contributed by atoms with E-state index >= 15 is 0 Å². The van der Waals surface area contributed by atoms with E-state index in [-0.39, 0.29) is 18.2 Å². The molecule has 25 heavy (non-hydrogen) atoms. The minimum atomic E-state index is -0.222. The number of amides is 1. The summed E-state index contributed by atoms with van der Waals surface area (Å²) in [6, 6.07) is 16.1. The quantitative estimate of drug-likeness (QED) is 0.843. The van der Waals surface area contributed by atoms with Crippen LogP contribution in [-0.4, -0.2) is 52.7 Å². The summed E-state index contributed by atoms with van der Waals surface area (Å²) in [6.07, 6.45) is 5.79. The highest BCUT2D eigenvalue weighted by molar-refractivity contribution is 5.71. The molecule has 0 spiro atoms. The van der Waals surface area contributed by atoms with Gasteiger partial charge in [-0.1, -0.05) is 48.6 Å². The number of aromatic nitrogens is 1. The van der Waals surface area contributed by atoms with Crippen LogP contribution in [0.15, 0.2) is 60.8 Å². The van der Waals surface area contributed by atoms with Gasteiger partial charge in [0.1, 0.15) is 6.10 Å². The molecule has 2 aliphatic heterocycles. The van der Waals surface area contributed by atoms with E-state index in [1.165, 1.54) is 5.56 Å². The van der Waals surface area contributed by atoms with E-state index in [4.69, 9.17) is 4.74 Å². The van der Waals surface area contributed by atoms with E-state index < -0.39 is 0 Å². The van der Waals surface area contributed by atoms with Crippen molar-refractivity contribution in [2.75, 3.05) is 19.6 Å². The maximum absolute atomic E-state index is 12.1. The predicted octanol–water partition coefficient (Wildman–Crippen LogP) is 2.80. The van der Waals surface area contributed by atoms with Crippen molar-refractivity contribution < 1.29 is 9.53 Å². The van der Waals surface area contributed by atoms with Crippen LogP contribution in [0.4, 0.5) is 4.79 Å². The number of hydrogen-bond donors (Lipinski definition) is 0. The van der Waals surface area contributed by atoms with E-state index in [0.29, 0.717) is 6.54 Å². The molecule has 0 radical (unpaired) electrons. The second-order valence-corrected chi connectivity index (χ2v) is 6.47. The molecule has 128 valence electrons. The molecular formula is C20H21N3O2. The molecule has 2 aromatic rings. The Balaban J connectivity index is 1.36. The first-order valence-electron chi connectivity index (χ1n) is 8.61. The summed E-state index contributed by atoms with van der Waals surface area (Å²) in [4.78, 5) is 20.6. The summed E-state index contributed by atoms with van der Waals surface area (Å²) in [7, 11) is 0. The smallest absolute Gasteiger partial charge is 0.410 e. The first-order valence-corrected chi connectivity index (χ1v) is 8.61. The van der Waals surface area contributed by atoms with Gasteiger partial charge in [-0.2, -0.15) is 0 Å². The molecule has 0 saturated carbocycles. The van der Waals surface area contributed by atoms with E-state index in [1.807, 2.05) is 41.3 Å². The second-order valence-electron chi connectivity index (χ2n) is 6.47. The molecule has 2 aliphatic rings. The molecule has 0 unspecified atom stereocenters. The summed E-state index contributed by atoms with van der Waals surface area (Å²) < 4.78 is 5.56. The average Bonchev–Trinajstić information content (AvgIpc) is 3.15. The van der Waals surface area contributed by atoms with Gasteiger partial charge in [-0.05, 0) is 17.7 Å². The Morgan fingerprint density at radius 2 is 1.96 bits per heavy atom. The second kappa shape index (κ2) is 7.07. The third kappa shape index (κ3) is 3.56. The van der Waals surface area contributed by atoms with Gasteiger partial charge in [0.2, 0.25) is 0 Å². The van der Waals surface area contributed by atoms with Gasteiger partial charge in [0.15, 0.2) is 0 Å². The maximum Gasteiger partial charge on any atom is 0.410 e. The minimum absolute atomic E-state index is 0.0404. The third-order valence-electron chi connectivity index (χ3n) is 4.73. The summed E-state index contributed by atoms with van der Waals surface area (Å²) >= 11 is 0. The van der Waals surface area contributed by atoms with Gasteiger partial charge in [0.25, 0.3) is 0 Å². The molecule has 0 aliphatic carbocycles. The van der Waals surface area contributed by atoms with E-state index in [2.05, 4.69) is 34.2 Å². The van der Waals surface area contributed by atoms with E-state index in [9.17, 15) is 4.79 Å². The predicted molar refractivity (Wildman–Crippen MR) is 95.8 cm³/mol. The van der Waals surface area contributed by atoms with Gasteiger partial charge in [-0.15, -0.1) is 0 Å². The van der Waals surface area contributed by atoms with Crippen LogP contribution in [0.5, 0.6) is 0 Å². The molecule has 2 fully saturated rings. The standard InChI is InChI=1S/C20H21N3O2/c24-20-23(13-17-10-4-5-11-21-17)18-14-22(15-19(18)25-20)12-6-9-16-7-2-1-3-8-16/h1-11,18-19H,12-15H2/t18-,19+/m0/s1. The van der Waals surface area contributed by atoms with Crippen LogP contribution >= 0.6 is 0 Å². The van der Waals surface area contributed by atoms with Crippen molar-refractivity contribution in [3.63, 3.8) is 0 Å². The first-order chi connectivity index (χ1) is 12.3. The van der Waals surface area contributed by atoms with E-state index in [1.54, 1.807) is 6.20 Å². The first kappa shape index (κ1) is 15.8. The number of likely N-dealkylation sites (tertiary alicyclic amines) is 1. The molecule has 2 atom stereocenters. The Morgan fingerprint density at radius 3 is 2.76 bits per heavy atom. The highest BCUT2D eigenvalue weighted by Gasteiger charge is 2.47. The normalized spacial score (nSPS) is 23.2. The van der Waals surface area contributed by atoms with Crippen LogP contribution in [0, 0.1) is 0 Å². The molecule has 1 amide bonds. The lowest BCUT2D eigenvalue weighted by molar-refractivity contribution is 0.122. The Labute approximate surface area is 147 Å². The molecule has 0 bridgehead atoms. The summed E-state index contributed by atoms with van der Waals surface area (Å²) in [5, 5.41) is 0. The number of ether oxygens (including phenoxy) is 1. The lowest BCUT2D eigenvalue weighted by Gasteiger charge is -2.21. The Bertz CT molecular complexity index is 748. The highest BCUT2D eigenvalue weighted by Crippen LogP contribution is 2.28. The Hall–Kier alpha value is -2.66. The SMILES string of the molecule is O=C1O[C@@H]2CN(CC=Cc3ccccc3)C[C@@H]2N1Cc1ccccn1. The van der Waals surface area contributed by atoms with Gasteiger partial charge in [-0.25, -0.2) is 4.79 Å². The summed E-state index contributed by atoms with van der Waals surface area (Å²) in [5.41, 5.74) is 2.09. The van der Waals surface area contributed by atoms with Crippen LogP contribution in [0.25, 0.3) is 6.08 Å². The summed E-state index contributed by atoms with van der Waals surface area (Å²) in [5.74, 6) is 0. The van der Waals surface area contributed by atoms with Gasteiger partial charge in [-0.3, -0.25) is 14.8 Å². The zero-order chi connectivity index (χ0) is 17.1. The molecule has 2 saturated heterocycles. The van der Waals surface area contributed by atoms with Crippen molar-refractivity contribution in [1.29, 1.82) is 0 Å². The van der Waals surface area contributed by atoms with Gasteiger partial charge in [0.05, 0.1) is 18.3 Å². The number of nitrogens with zero attached hydrogens (tertiary/aromatic N) is 3. The number of hydrogen-bond acceptors (Lipinski definition) is 4. The molecule has 1 aromatic heterocycles. The fourth-order valence-corrected chi connectivity index (χ4v) is 3.48. The van der Waals surface area contributed by atoms with Gasteiger partial charge < -0.3 is 4.74 Å². The van der Waals surface area contributed by atoms with Crippen molar-refractivity contribution in [3.8, 4) is 0 Å². The fourth-order valence-electron chi connectivity index (χ4n) is 3.48. The molecule has 0 N–H and O–H groups in total. The maximum atomic E-state index is 12.1. The monoisotopic (exact) mass is 335 g/mol. The van der Waals surface area contributed by atoms with Gasteiger partial charge >= 0.3 is 6.09 Å². The summed E-state index contributed by atoms with van der Waals surface area (Å²) in [6.45, 7) is 2.99. The zero-order valence-corrected chi connectivity index (χ0v) is 14.0. The van der Waals surface area contributed by atoms with Crippen molar-refractivity contribution in [2.45, 2.75) is 18.7 Å². The number of benzene rings is 1. The van der Waals surface area contributed by atoms with E-state index in [0.717, 1.165) is 25.3 Å². The van der Waals surface area contributed by atoms with Crippen LogP contribution < -0.4 is 0 Å². The molecule has 5 heteroatoms. The van der Waals surface area contributed by atoms with Crippen LogP contribution in [0.3, 0.4) is 0 Å². The minimum Gasteiger partial charge on any atom is -0.442 e. The van der Waals surface area contributed by atoms with Crippen LogP contribution in [0.2, 0.25) is 0 Å². The van der Waals surface area contributed by atoms with Crippen molar-refractivity contribution in [1.82, 2.24) is 14.8 Å². The highest BCUT2D eigenvalue weighted by atomic mass is 16.6. The number of fused-ring (bicyclic) bond motifs is 1. The zero-order valence-electron chi connectivity index (χ0n) is 14.0. The Morgan fingerprint density at radius 1 is 1.12 bits per heavy atom. The van der Waals surface area contributed by atoms with Crippen molar-refractivity contribution in [3.05, 3.63) is 72.1 Å². The molecular weight excluding hydrogens is 314 g/mol. The average molecular weight is 335 g/mol. The molecule has 4 rings (SSSR count). The van der Waals surface area contributed by atoms with Crippen LogP contribution in [-0.2, 0) is 11.3 Å². The van der Waals surface area contributed by atoms with Crippen molar-refractivity contribution >= 4 is 12.2 Å². The lowest BCUT2D eigenvalue weighted by atomic mass is 10.2. The number of pyridine rings is 1. The fraction of sp³-hybridized carbons (Fsp3) is 0.300. The molecule has 3 heterocycles. The van der Waals surface area contributed by atoms with Crippen LogP contribution in [0.1, 0.15) is 11.3 Å². The topological polar surface area (TPSA) is 45.7 Å². The van der Waals surface area contributed by atoms with Crippen molar-refractivity contribution in [2.24, 2.45) is 0 Å². The third-order valence-corrected chi connectivity index (χ3v) is 4.73. The number of carbonyl (C=O) groups is 1.